The Kier molecular flexibility index (Phi) is 5.32. The van der Waals surface area contributed by atoms with Gasteiger partial charge >= 0.3 is 0 Å². The van der Waals surface area contributed by atoms with Crippen molar-refractivity contribution in [2.75, 3.05) is 0 Å². The van der Waals surface area contributed by atoms with Gasteiger partial charge in [-0.05, 0) is 54.6 Å². The molecule has 5 nitrogen and oxygen atoms in total. The summed E-state index contributed by atoms with van der Waals surface area (Å²) in [6.07, 6.45) is 0. The maximum absolute atomic E-state index is 6.70. The van der Waals surface area contributed by atoms with Crippen LogP contribution in [0.4, 0.5) is 0 Å². The highest BCUT2D eigenvalue weighted by Crippen LogP contribution is 2.42. The summed E-state index contributed by atoms with van der Waals surface area (Å²) in [6.45, 7) is 0. The summed E-state index contributed by atoms with van der Waals surface area (Å²) in [5, 5.41) is 7.81. The summed E-state index contributed by atoms with van der Waals surface area (Å²) in [6, 6.07) is 55.3. The highest BCUT2D eigenvalue weighted by Gasteiger charge is 2.22. The second-order valence-electron chi connectivity index (χ2n) is 12.6. The van der Waals surface area contributed by atoms with Crippen LogP contribution in [0.5, 0.6) is 0 Å². The van der Waals surface area contributed by atoms with Gasteiger partial charge in [0.15, 0.2) is 0 Å². The first-order chi connectivity index (χ1) is 24.3. The second-order valence-corrected chi connectivity index (χ2v) is 12.6. The molecule has 11 rings (SSSR count). The molecular weight excluding hydrogens is 601 g/mol. The third-order valence-corrected chi connectivity index (χ3v) is 9.93. The van der Waals surface area contributed by atoms with E-state index < -0.39 is 0 Å². The average Bonchev–Trinajstić information content (AvgIpc) is 3.82. The molecule has 0 saturated heterocycles. The molecule has 0 aliphatic carbocycles. The van der Waals surface area contributed by atoms with E-state index in [1.54, 1.807) is 0 Å². The van der Waals surface area contributed by atoms with Gasteiger partial charge in [0.05, 0.1) is 38.7 Å². The molecule has 228 valence electrons. The van der Waals surface area contributed by atoms with Gasteiger partial charge in [0.2, 0.25) is 5.95 Å². The van der Waals surface area contributed by atoms with Crippen molar-refractivity contribution < 1.29 is 4.42 Å². The molecule has 0 unspecified atom stereocenters. The van der Waals surface area contributed by atoms with Gasteiger partial charge in [-0.25, -0.2) is 9.97 Å². The minimum Gasteiger partial charge on any atom is -0.455 e. The van der Waals surface area contributed by atoms with Crippen LogP contribution in [-0.4, -0.2) is 19.1 Å². The monoisotopic (exact) mass is 626 g/mol. The number of para-hydroxylation sites is 4. The number of fused-ring (bicyclic) bond motifs is 11. The van der Waals surface area contributed by atoms with E-state index in [1.165, 1.54) is 21.8 Å². The minimum atomic E-state index is 0.623. The van der Waals surface area contributed by atoms with Crippen LogP contribution >= 0.6 is 0 Å². The number of hydrogen-bond acceptors (Lipinski definition) is 3. The zero-order chi connectivity index (χ0) is 32.1. The molecule has 0 aliphatic rings. The van der Waals surface area contributed by atoms with Crippen molar-refractivity contribution in [1.29, 1.82) is 0 Å². The van der Waals surface area contributed by atoms with Gasteiger partial charge in [0.25, 0.3) is 0 Å². The van der Waals surface area contributed by atoms with Crippen LogP contribution in [0, 0.1) is 0 Å². The van der Waals surface area contributed by atoms with Gasteiger partial charge in [0.1, 0.15) is 11.2 Å². The fourth-order valence-electron chi connectivity index (χ4n) is 7.81. The minimum absolute atomic E-state index is 0.623. The van der Waals surface area contributed by atoms with Gasteiger partial charge in [-0.2, -0.15) is 0 Å². The van der Waals surface area contributed by atoms with Crippen LogP contribution in [0.25, 0.3) is 99.3 Å². The van der Waals surface area contributed by atoms with E-state index >= 15 is 0 Å². The lowest BCUT2D eigenvalue weighted by atomic mass is 10.1. The molecule has 11 aromatic rings. The van der Waals surface area contributed by atoms with Crippen LogP contribution in [0.2, 0.25) is 0 Å². The lowest BCUT2D eigenvalue weighted by Gasteiger charge is -2.12. The Labute approximate surface area is 279 Å². The van der Waals surface area contributed by atoms with E-state index in [0.29, 0.717) is 5.95 Å². The number of aromatic nitrogens is 4. The fraction of sp³-hybridized carbons (Fsp3) is 0. The van der Waals surface area contributed by atoms with Gasteiger partial charge in [-0.1, -0.05) is 103 Å². The smallest absolute Gasteiger partial charge is 0.235 e. The first-order valence-corrected chi connectivity index (χ1v) is 16.5. The third kappa shape index (κ3) is 3.70. The Morgan fingerprint density at radius 1 is 0.429 bits per heavy atom. The van der Waals surface area contributed by atoms with Crippen molar-refractivity contribution in [3.8, 4) is 22.9 Å². The SMILES string of the molecule is c1ccc(-c2nc(-n3c4ccc(-n5c6ccccc6c6ccccc65)cc4c4c5oc6ccccc6c5ccc43)nc3ccccc23)cc1. The number of furan rings is 1. The van der Waals surface area contributed by atoms with E-state index in [2.05, 4.69) is 137 Å². The van der Waals surface area contributed by atoms with Gasteiger partial charge < -0.3 is 8.98 Å². The lowest BCUT2D eigenvalue weighted by molar-refractivity contribution is 0.673. The van der Waals surface area contributed by atoms with Crippen LogP contribution in [0.3, 0.4) is 0 Å². The first-order valence-electron chi connectivity index (χ1n) is 16.5. The predicted octanol–water partition coefficient (Wildman–Crippen LogP) is 11.4. The van der Waals surface area contributed by atoms with Crippen molar-refractivity contribution in [1.82, 2.24) is 19.1 Å². The van der Waals surface area contributed by atoms with Gasteiger partial charge in [-0.3, -0.25) is 4.57 Å². The summed E-state index contributed by atoms with van der Waals surface area (Å²) < 4.78 is 11.3. The molecule has 0 aliphatic heterocycles. The molecule has 0 atom stereocenters. The normalized spacial score (nSPS) is 12.1. The van der Waals surface area contributed by atoms with E-state index in [9.17, 15) is 0 Å². The molecule has 0 fully saturated rings. The molecule has 0 amide bonds. The number of hydrogen-bond donors (Lipinski definition) is 0. The molecule has 7 aromatic carbocycles. The van der Waals surface area contributed by atoms with Gasteiger partial charge in [-0.15, -0.1) is 0 Å². The maximum atomic E-state index is 6.70. The highest BCUT2D eigenvalue weighted by atomic mass is 16.3. The second kappa shape index (κ2) is 9.89. The molecule has 49 heavy (non-hydrogen) atoms. The number of nitrogens with zero attached hydrogens (tertiary/aromatic N) is 4. The van der Waals surface area contributed by atoms with Crippen LogP contribution < -0.4 is 0 Å². The Hall–Kier alpha value is -6.72. The van der Waals surface area contributed by atoms with Crippen molar-refractivity contribution >= 4 is 76.5 Å². The standard InChI is InChI=1S/C44H26N4O/c1-2-12-27(13-3-1)42-33-17-4-8-18-35(33)45-44(46-42)48-38-24-22-28(47-36-19-9-5-14-29(36)30-15-6-10-20-37(30)47)26-34(38)41-39(48)25-23-32-31-16-7-11-21-40(31)49-43(32)41/h1-26H. The van der Waals surface area contributed by atoms with Crippen LogP contribution in [0.1, 0.15) is 0 Å². The summed E-state index contributed by atoms with van der Waals surface area (Å²) in [7, 11) is 0. The third-order valence-electron chi connectivity index (χ3n) is 9.93. The molecule has 0 spiro atoms. The quantitative estimate of drug-likeness (QED) is 0.196. The highest BCUT2D eigenvalue weighted by molar-refractivity contribution is 6.24. The van der Waals surface area contributed by atoms with E-state index in [0.717, 1.165) is 71.6 Å². The zero-order valence-corrected chi connectivity index (χ0v) is 26.2. The zero-order valence-electron chi connectivity index (χ0n) is 26.2. The van der Waals surface area contributed by atoms with Crippen molar-refractivity contribution in [3.05, 3.63) is 158 Å². The van der Waals surface area contributed by atoms with E-state index in [-0.39, 0.29) is 0 Å². The first kappa shape index (κ1) is 26.4. The molecule has 0 bridgehead atoms. The Bertz CT molecular complexity index is 3060. The van der Waals surface area contributed by atoms with Crippen molar-refractivity contribution in [3.63, 3.8) is 0 Å². The van der Waals surface area contributed by atoms with Crippen LogP contribution in [0.15, 0.2) is 162 Å². The summed E-state index contributed by atoms with van der Waals surface area (Å²) in [4.78, 5) is 10.5. The Balaban J connectivity index is 1.28. The molecular formula is C44H26N4O. The van der Waals surface area contributed by atoms with Crippen molar-refractivity contribution in [2.24, 2.45) is 0 Å². The summed E-state index contributed by atoms with van der Waals surface area (Å²) in [5.74, 6) is 0.623. The van der Waals surface area contributed by atoms with Crippen LogP contribution in [-0.2, 0) is 0 Å². The van der Waals surface area contributed by atoms with Crippen molar-refractivity contribution in [2.45, 2.75) is 0 Å². The van der Waals surface area contributed by atoms with E-state index in [4.69, 9.17) is 14.4 Å². The molecule has 5 heteroatoms. The Morgan fingerprint density at radius 2 is 1.06 bits per heavy atom. The number of benzene rings is 7. The lowest BCUT2D eigenvalue weighted by Crippen LogP contribution is -2.03. The maximum Gasteiger partial charge on any atom is 0.235 e. The molecule has 0 N–H and O–H groups in total. The van der Waals surface area contributed by atoms with E-state index in [1.807, 2.05) is 30.3 Å². The Morgan fingerprint density at radius 3 is 1.86 bits per heavy atom. The molecule has 4 heterocycles. The molecule has 0 radical (unpaired) electrons. The fourth-order valence-corrected chi connectivity index (χ4v) is 7.81. The average molecular weight is 627 g/mol. The summed E-state index contributed by atoms with van der Waals surface area (Å²) in [5.41, 5.74) is 10.0. The topological polar surface area (TPSA) is 48.8 Å². The largest absolute Gasteiger partial charge is 0.455 e. The predicted molar refractivity (Wildman–Crippen MR) is 201 cm³/mol. The number of rotatable bonds is 3. The van der Waals surface area contributed by atoms with Gasteiger partial charge in [0, 0.05) is 43.6 Å². The molecule has 4 aromatic heterocycles. The summed E-state index contributed by atoms with van der Waals surface area (Å²) >= 11 is 0. The molecule has 0 saturated carbocycles.